The van der Waals surface area contributed by atoms with E-state index < -0.39 is 0 Å². The van der Waals surface area contributed by atoms with Gasteiger partial charge in [-0.15, -0.1) is 0 Å². The van der Waals surface area contributed by atoms with E-state index in [0.717, 1.165) is 19.0 Å². The van der Waals surface area contributed by atoms with Gasteiger partial charge in [-0.3, -0.25) is 4.90 Å². The SMILES string of the molecule is CCNCC1CCCN(C)C1c1cccc(C)c1C. The zero-order valence-corrected chi connectivity index (χ0v) is 12.9. The summed E-state index contributed by atoms with van der Waals surface area (Å²) >= 11 is 0. The molecule has 0 spiro atoms. The van der Waals surface area contributed by atoms with E-state index >= 15 is 0 Å². The van der Waals surface area contributed by atoms with Crippen LogP contribution in [0.3, 0.4) is 0 Å². The molecule has 0 aliphatic carbocycles. The summed E-state index contributed by atoms with van der Waals surface area (Å²) in [6.45, 7) is 10.1. The molecule has 0 radical (unpaired) electrons. The summed E-state index contributed by atoms with van der Waals surface area (Å²) in [4.78, 5) is 2.55. The zero-order chi connectivity index (χ0) is 13.8. The monoisotopic (exact) mass is 260 g/mol. The van der Waals surface area contributed by atoms with Crippen molar-refractivity contribution in [2.45, 2.75) is 39.7 Å². The molecule has 2 nitrogen and oxygen atoms in total. The van der Waals surface area contributed by atoms with Crippen molar-refractivity contribution >= 4 is 0 Å². The minimum Gasteiger partial charge on any atom is -0.317 e. The molecule has 1 aromatic rings. The van der Waals surface area contributed by atoms with E-state index in [0.29, 0.717) is 6.04 Å². The average Bonchev–Trinajstić information content (AvgIpc) is 2.40. The van der Waals surface area contributed by atoms with Crippen molar-refractivity contribution in [2.24, 2.45) is 5.92 Å². The molecule has 1 saturated heterocycles. The van der Waals surface area contributed by atoms with Crippen LogP contribution < -0.4 is 5.32 Å². The van der Waals surface area contributed by atoms with Crippen molar-refractivity contribution in [3.05, 3.63) is 34.9 Å². The highest BCUT2D eigenvalue weighted by Crippen LogP contribution is 2.36. The summed E-state index contributed by atoms with van der Waals surface area (Å²) in [6, 6.07) is 7.34. The Balaban J connectivity index is 2.28. The number of rotatable bonds is 4. The second kappa shape index (κ2) is 6.53. The lowest BCUT2D eigenvalue weighted by Gasteiger charge is -2.40. The maximum Gasteiger partial charge on any atom is 0.0388 e. The topological polar surface area (TPSA) is 15.3 Å². The predicted octanol–water partition coefficient (Wildman–Crippen LogP) is 3.30. The molecule has 0 bridgehead atoms. The number of benzene rings is 1. The number of piperidine rings is 1. The molecule has 1 aliphatic rings. The number of hydrogen-bond acceptors (Lipinski definition) is 2. The van der Waals surface area contributed by atoms with Crippen LogP contribution in [-0.2, 0) is 0 Å². The lowest BCUT2D eigenvalue weighted by molar-refractivity contribution is 0.119. The average molecular weight is 260 g/mol. The maximum atomic E-state index is 3.55. The molecule has 19 heavy (non-hydrogen) atoms. The van der Waals surface area contributed by atoms with E-state index in [1.165, 1.54) is 36.1 Å². The third kappa shape index (κ3) is 3.18. The Morgan fingerprint density at radius 3 is 2.84 bits per heavy atom. The highest BCUT2D eigenvalue weighted by molar-refractivity contribution is 5.36. The lowest BCUT2D eigenvalue weighted by atomic mass is 9.82. The number of hydrogen-bond donors (Lipinski definition) is 1. The van der Waals surface area contributed by atoms with E-state index in [2.05, 4.69) is 56.2 Å². The number of likely N-dealkylation sites (tertiary alicyclic amines) is 1. The van der Waals surface area contributed by atoms with E-state index in [4.69, 9.17) is 0 Å². The first-order valence-electron chi connectivity index (χ1n) is 7.62. The lowest BCUT2D eigenvalue weighted by Crippen LogP contribution is -2.40. The Labute approximate surface area is 118 Å². The van der Waals surface area contributed by atoms with E-state index in [9.17, 15) is 0 Å². The zero-order valence-electron chi connectivity index (χ0n) is 12.9. The van der Waals surface area contributed by atoms with Crippen LogP contribution in [0.4, 0.5) is 0 Å². The van der Waals surface area contributed by atoms with Crippen LogP contribution in [0.1, 0.15) is 42.5 Å². The Kier molecular flexibility index (Phi) is 5.00. The molecular formula is C17H28N2. The molecule has 106 valence electrons. The van der Waals surface area contributed by atoms with E-state index in [-0.39, 0.29) is 0 Å². The first-order valence-corrected chi connectivity index (χ1v) is 7.62. The summed E-state index contributed by atoms with van der Waals surface area (Å²) in [5.74, 6) is 0.735. The van der Waals surface area contributed by atoms with Crippen LogP contribution in [0.25, 0.3) is 0 Å². The minimum absolute atomic E-state index is 0.577. The van der Waals surface area contributed by atoms with E-state index in [1.54, 1.807) is 0 Å². The summed E-state index contributed by atoms with van der Waals surface area (Å²) in [5.41, 5.74) is 4.42. The number of nitrogens with one attached hydrogen (secondary N) is 1. The maximum absolute atomic E-state index is 3.55. The molecular weight excluding hydrogens is 232 g/mol. The van der Waals surface area contributed by atoms with Crippen molar-refractivity contribution in [1.82, 2.24) is 10.2 Å². The van der Waals surface area contributed by atoms with Gasteiger partial charge < -0.3 is 5.32 Å². The van der Waals surface area contributed by atoms with Gasteiger partial charge in [-0.1, -0.05) is 25.1 Å². The Morgan fingerprint density at radius 1 is 1.32 bits per heavy atom. The molecule has 0 aromatic heterocycles. The van der Waals surface area contributed by atoms with Gasteiger partial charge in [0.1, 0.15) is 0 Å². The largest absolute Gasteiger partial charge is 0.317 e. The number of nitrogens with zero attached hydrogens (tertiary/aromatic N) is 1. The van der Waals surface area contributed by atoms with Crippen LogP contribution in [0.15, 0.2) is 18.2 Å². The van der Waals surface area contributed by atoms with Gasteiger partial charge in [-0.05, 0) is 76.0 Å². The molecule has 0 saturated carbocycles. The van der Waals surface area contributed by atoms with Crippen molar-refractivity contribution in [3.63, 3.8) is 0 Å². The molecule has 2 heteroatoms. The predicted molar refractivity (Wildman–Crippen MR) is 82.6 cm³/mol. The summed E-state index contributed by atoms with van der Waals surface area (Å²) in [6.07, 6.45) is 2.67. The fourth-order valence-electron chi connectivity index (χ4n) is 3.39. The summed E-state index contributed by atoms with van der Waals surface area (Å²) in [5, 5.41) is 3.55. The third-order valence-corrected chi connectivity index (χ3v) is 4.63. The van der Waals surface area contributed by atoms with Crippen molar-refractivity contribution in [1.29, 1.82) is 0 Å². The smallest absolute Gasteiger partial charge is 0.0388 e. The molecule has 1 heterocycles. The van der Waals surface area contributed by atoms with Crippen LogP contribution >= 0.6 is 0 Å². The minimum atomic E-state index is 0.577. The van der Waals surface area contributed by atoms with Gasteiger partial charge in [0.05, 0.1) is 0 Å². The highest BCUT2D eigenvalue weighted by Gasteiger charge is 2.31. The molecule has 2 unspecified atom stereocenters. The molecule has 1 aliphatic heterocycles. The molecule has 2 atom stereocenters. The van der Waals surface area contributed by atoms with Gasteiger partial charge in [-0.2, -0.15) is 0 Å². The summed E-state index contributed by atoms with van der Waals surface area (Å²) < 4.78 is 0. The van der Waals surface area contributed by atoms with Gasteiger partial charge in [0.25, 0.3) is 0 Å². The molecule has 0 amide bonds. The molecule has 1 fully saturated rings. The molecule has 1 N–H and O–H groups in total. The molecule has 1 aromatic carbocycles. The second-order valence-electron chi connectivity index (χ2n) is 5.92. The Hall–Kier alpha value is -0.860. The van der Waals surface area contributed by atoms with Crippen LogP contribution in [0.5, 0.6) is 0 Å². The van der Waals surface area contributed by atoms with Gasteiger partial charge >= 0.3 is 0 Å². The first kappa shape index (κ1) is 14.5. The van der Waals surface area contributed by atoms with Crippen molar-refractivity contribution in [2.75, 3.05) is 26.7 Å². The van der Waals surface area contributed by atoms with Crippen LogP contribution in [0, 0.1) is 19.8 Å². The van der Waals surface area contributed by atoms with Gasteiger partial charge in [-0.25, -0.2) is 0 Å². The van der Waals surface area contributed by atoms with Crippen molar-refractivity contribution < 1.29 is 0 Å². The van der Waals surface area contributed by atoms with Crippen molar-refractivity contribution in [3.8, 4) is 0 Å². The van der Waals surface area contributed by atoms with Gasteiger partial charge in [0, 0.05) is 6.04 Å². The van der Waals surface area contributed by atoms with Crippen LogP contribution in [0.2, 0.25) is 0 Å². The fourth-order valence-corrected chi connectivity index (χ4v) is 3.39. The highest BCUT2D eigenvalue weighted by atomic mass is 15.1. The van der Waals surface area contributed by atoms with Gasteiger partial charge in [0.15, 0.2) is 0 Å². The first-order chi connectivity index (χ1) is 9.15. The number of aryl methyl sites for hydroxylation is 1. The Bertz CT molecular complexity index is 414. The normalized spacial score (nSPS) is 24.6. The van der Waals surface area contributed by atoms with Gasteiger partial charge in [0.2, 0.25) is 0 Å². The second-order valence-corrected chi connectivity index (χ2v) is 5.92. The third-order valence-electron chi connectivity index (χ3n) is 4.63. The quantitative estimate of drug-likeness (QED) is 0.893. The summed E-state index contributed by atoms with van der Waals surface area (Å²) in [7, 11) is 2.28. The molecule has 2 rings (SSSR count). The Morgan fingerprint density at radius 2 is 2.11 bits per heavy atom. The fraction of sp³-hybridized carbons (Fsp3) is 0.647. The van der Waals surface area contributed by atoms with E-state index in [1.807, 2.05) is 0 Å². The standard InChI is InChI=1S/C17H28N2/c1-5-18-12-15-9-7-11-19(4)17(15)16-10-6-8-13(2)14(16)3/h6,8,10,15,17-18H,5,7,9,11-12H2,1-4H3. The van der Waals surface area contributed by atoms with Crippen LogP contribution in [-0.4, -0.2) is 31.6 Å².